The number of anilines is 1. The van der Waals surface area contributed by atoms with Gasteiger partial charge in [0.05, 0.1) is 17.9 Å². The summed E-state index contributed by atoms with van der Waals surface area (Å²) >= 11 is 0. The normalized spacial score (nSPS) is 10.8. The molecule has 0 atom stereocenters. The summed E-state index contributed by atoms with van der Waals surface area (Å²) in [6, 6.07) is 21.5. The molecule has 1 aromatic heterocycles. The van der Waals surface area contributed by atoms with E-state index in [0.717, 1.165) is 23.8 Å². The van der Waals surface area contributed by atoms with E-state index in [1.54, 1.807) is 11.7 Å². The van der Waals surface area contributed by atoms with E-state index in [4.69, 9.17) is 10.5 Å². The van der Waals surface area contributed by atoms with Crippen molar-refractivity contribution < 1.29 is 4.74 Å². The predicted molar refractivity (Wildman–Crippen MR) is 142 cm³/mol. The van der Waals surface area contributed by atoms with Gasteiger partial charge in [0.1, 0.15) is 29.8 Å². The minimum absolute atomic E-state index is 0. The van der Waals surface area contributed by atoms with Gasteiger partial charge >= 0.3 is 0 Å². The second kappa shape index (κ2) is 13.3. The number of nitrogens with zero attached hydrogens (tertiary/aromatic N) is 5. The molecule has 3 rings (SSSR count). The summed E-state index contributed by atoms with van der Waals surface area (Å²) in [6.07, 6.45) is 1.42. The zero-order chi connectivity index (χ0) is 22.8. The van der Waals surface area contributed by atoms with Crippen molar-refractivity contribution in [1.82, 2.24) is 20.0 Å². The number of nitrogens with two attached hydrogens (primary N) is 1. The minimum Gasteiger partial charge on any atom is -0.492 e. The van der Waals surface area contributed by atoms with Crippen LogP contribution in [-0.2, 0) is 6.42 Å². The molecule has 2 aromatic carbocycles. The molecular formula is C24H30IN7O. The van der Waals surface area contributed by atoms with Gasteiger partial charge in [-0.3, -0.25) is 4.99 Å². The molecular weight excluding hydrogens is 529 g/mol. The quantitative estimate of drug-likeness (QED) is 0.180. The maximum absolute atomic E-state index is 9.54. The molecule has 0 spiro atoms. The second-order valence-electron chi connectivity index (χ2n) is 7.23. The van der Waals surface area contributed by atoms with Crippen molar-refractivity contribution in [3.63, 3.8) is 0 Å². The first-order valence-electron chi connectivity index (χ1n) is 10.6. The van der Waals surface area contributed by atoms with Gasteiger partial charge in [-0.05, 0) is 37.1 Å². The highest BCUT2D eigenvalue weighted by molar-refractivity contribution is 14.0. The zero-order valence-corrected chi connectivity index (χ0v) is 21.3. The lowest BCUT2D eigenvalue weighted by Gasteiger charge is -2.22. The molecule has 0 aliphatic rings. The van der Waals surface area contributed by atoms with E-state index in [0.29, 0.717) is 43.2 Å². The van der Waals surface area contributed by atoms with E-state index in [1.807, 2.05) is 72.6 Å². The Kier molecular flexibility index (Phi) is 10.5. The number of nitriles is 1. The third-order valence-electron chi connectivity index (χ3n) is 4.99. The summed E-state index contributed by atoms with van der Waals surface area (Å²) in [4.78, 5) is 6.35. The summed E-state index contributed by atoms with van der Waals surface area (Å²) in [6.45, 7) is 1.95. The molecule has 0 amide bonds. The van der Waals surface area contributed by atoms with E-state index in [-0.39, 0.29) is 24.0 Å². The topological polar surface area (TPSA) is 104 Å². The molecule has 0 aliphatic carbocycles. The molecule has 0 unspecified atom stereocenters. The Morgan fingerprint density at radius 1 is 1.18 bits per heavy atom. The summed E-state index contributed by atoms with van der Waals surface area (Å²) in [5.74, 6) is 2.01. The standard InChI is InChI=1S/C24H29N7O.HI/c1-27-24(30(2)16-17-32-20-12-7-4-8-13-20)28-15-9-14-22-21(18-25)23(26)31(29-22)19-10-5-3-6-11-19;/h3-8,10-13H,9,14-17,26H2,1-2H3,(H,27,28);1H. The molecule has 9 heteroatoms. The molecule has 0 radical (unpaired) electrons. The van der Waals surface area contributed by atoms with Gasteiger partial charge in [0.2, 0.25) is 0 Å². The maximum atomic E-state index is 9.54. The Balaban J connectivity index is 0.00000385. The summed E-state index contributed by atoms with van der Waals surface area (Å²) in [5, 5.41) is 17.5. The van der Waals surface area contributed by atoms with E-state index in [1.165, 1.54) is 0 Å². The molecule has 1 heterocycles. The number of aromatic nitrogens is 2. The number of guanidine groups is 1. The van der Waals surface area contributed by atoms with E-state index in [9.17, 15) is 5.26 Å². The number of hydrogen-bond acceptors (Lipinski definition) is 5. The van der Waals surface area contributed by atoms with Crippen LogP contribution in [0.25, 0.3) is 5.69 Å². The number of nitrogens with one attached hydrogen (secondary N) is 1. The highest BCUT2D eigenvalue weighted by atomic mass is 127. The lowest BCUT2D eigenvalue weighted by atomic mass is 10.1. The van der Waals surface area contributed by atoms with Crippen LogP contribution in [-0.4, -0.2) is 54.4 Å². The fourth-order valence-corrected chi connectivity index (χ4v) is 3.30. The molecule has 0 fully saturated rings. The van der Waals surface area contributed by atoms with Crippen LogP contribution in [0.15, 0.2) is 65.7 Å². The lowest BCUT2D eigenvalue weighted by molar-refractivity contribution is 0.281. The van der Waals surface area contributed by atoms with Crippen LogP contribution in [0.2, 0.25) is 0 Å². The number of likely N-dealkylation sites (N-methyl/N-ethyl adjacent to an activating group) is 1. The number of aliphatic imine (C=N–C) groups is 1. The second-order valence-corrected chi connectivity index (χ2v) is 7.23. The van der Waals surface area contributed by atoms with Crippen molar-refractivity contribution in [2.24, 2.45) is 4.99 Å². The average molecular weight is 559 g/mol. The van der Waals surface area contributed by atoms with E-state index in [2.05, 4.69) is 21.5 Å². The highest BCUT2D eigenvalue weighted by Crippen LogP contribution is 2.21. The molecule has 33 heavy (non-hydrogen) atoms. The van der Waals surface area contributed by atoms with Crippen LogP contribution in [0.3, 0.4) is 0 Å². The molecule has 3 aromatic rings. The Labute approximate surface area is 212 Å². The first-order valence-corrected chi connectivity index (χ1v) is 10.6. The fraction of sp³-hybridized carbons (Fsp3) is 0.292. The van der Waals surface area contributed by atoms with Gasteiger partial charge in [-0.25, -0.2) is 4.68 Å². The SMILES string of the molecule is CN=C(NCCCc1nn(-c2ccccc2)c(N)c1C#N)N(C)CCOc1ccccc1.I. The van der Waals surface area contributed by atoms with Gasteiger partial charge in [-0.2, -0.15) is 10.4 Å². The first-order chi connectivity index (χ1) is 15.6. The van der Waals surface area contributed by atoms with Crippen LogP contribution in [0.1, 0.15) is 17.7 Å². The van der Waals surface area contributed by atoms with Gasteiger partial charge in [0, 0.05) is 20.6 Å². The van der Waals surface area contributed by atoms with Crippen LogP contribution in [0.5, 0.6) is 5.75 Å². The molecule has 3 N–H and O–H groups in total. The molecule has 0 bridgehead atoms. The minimum atomic E-state index is 0. The number of para-hydroxylation sites is 2. The highest BCUT2D eigenvalue weighted by Gasteiger charge is 2.16. The summed E-state index contributed by atoms with van der Waals surface area (Å²) in [5.41, 5.74) is 8.15. The van der Waals surface area contributed by atoms with Crippen molar-refractivity contribution in [1.29, 1.82) is 5.26 Å². The van der Waals surface area contributed by atoms with E-state index < -0.39 is 0 Å². The van der Waals surface area contributed by atoms with Gasteiger partial charge in [-0.15, -0.1) is 24.0 Å². The first kappa shape index (κ1) is 26.0. The number of rotatable bonds is 9. The zero-order valence-electron chi connectivity index (χ0n) is 18.9. The fourth-order valence-electron chi connectivity index (χ4n) is 3.30. The Morgan fingerprint density at radius 2 is 1.85 bits per heavy atom. The van der Waals surface area contributed by atoms with Crippen LogP contribution < -0.4 is 15.8 Å². The van der Waals surface area contributed by atoms with Crippen molar-refractivity contribution >= 4 is 35.8 Å². The van der Waals surface area contributed by atoms with Crippen LogP contribution >= 0.6 is 24.0 Å². The number of hydrogen-bond donors (Lipinski definition) is 2. The van der Waals surface area contributed by atoms with Crippen molar-refractivity contribution in [2.45, 2.75) is 12.8 Å². The number of nitrogen functional groups attached to an aromatic ring is 1. The van der Waals surface area contributed by atoms with Crippen molar-refractivity contribution in [2.75, 3.05) is 39.5 Å². The van der Waals surface area contributed by atoms with Crippen molar-refractivity contribution in [3.05, 3.63) is 71.9 Å². The largest absolute Gasteiger partial charge is 0.492 e. The number of benzene rings is 2. The third kappa shape index (κ3) is 7.12. The Bertz CT molecular complexity index is 1060. The monoisotopic (exact) mass is 559 g/mol. The summed E-state index contributed by atoms with van der Waals surface area (Å²) < 4.78 is 7.38. The molecule has 8 nitrogen and oxygen atoms in total. The maximum Gasteiger partial charge on any atom is 0.193 e. The molecule has 174 valence electrons. The van der Waals surface area contributed by atoms with E-state index >= 15 is 0 Å². The smallest absolute Gasteiger partial charge is 0.193 e. The van der Waals surface area contributed by atoms with Gasteiger partial charge in [-0.1, -0.05) is 36.4 Å². The number of aryl methyl sites for hydroxylation is 1. The predicted octanol–water partition coefficient (Wildman–Crippen LogP) is 3.46. The van der Waals surface area contributed by atoms with Gasteiger partial charge in [0.15, 0.2) is 5.96 Å². The van der Waals surface area contributed by atoms with Crippen LogP contribution in [0, 0.1) is 11.3 Å². The molecule has 0 saturated heterocycles. The van der Waals surface area contributed by atoms with Crippen molar-refractivity contribution in [3.8, 4) is 17.5 Å². The lowest BCUT2D eigenvalue weighted by Crippen LogP contribution is -2.41. The Hall–Kier alpha value is -3.26. The molecule has 0 aliphatic heterocycles. The summed E-state index contributed by atoms with van der Waals surface area (Å²) in [7, 11) is 3.73. The molecule has 0 saturated carbocycles. The number of halogens is 1. The number of ether oxygens (including phenoxy) is 1. The van der Waals surface area contributed by atoms with Gasteiger partial charge in [0.25, 0.3) is 0 Å². The van der Waals surface area contributed by atoms with Gasteiger partial charge < -0.3 is 20.7 Å². The average Bonchev–Trinajstić information content (AvgIpc) is 3.15. The van der Waals surface area contributed by atoms with Crippen LogP contribution in [0.4, 0.5) is 5.82 Å². The Morgan fingerprint density at radius 3 is 2.48 bits per heavy atom. The third-order valence-corrected chi connectivity index (χ3v) is 4.99.